The molecule has 3 rings (SSSR count). The fraction of sp³-hybridized carbons (Fsp3) is 0.500. The molecule has 0 spiro atoms. The van der Waals surface area contributed by atoms with Crippen molar-refractivity contribution in [3.05, 3.63) is 47.3 Å². The standard InChI is InChI=1S/C20H27N3O/c1-4-19-18(20(24)22-16-9-5-14(2)6-10-16)13-21-23(19)17-11-7-15(3)8-12-17/h7-8,11-14,16H,4-6,9-10H2,1-3H3,(H,22,24). The van der Waals surface area contributed by atoms with Gasteiger partial charge < -0.3 is 5.32 Å². The zero-order valence-electron chi connectivity index (χ0n) is 14.9. The molecule has 0 atom stereocenters. The highest BCUT2D eigenvalue weighted by atomic mass is 16.1. The van der Waals surface area contributed by atoms with Crippen LogP contribution < -0.4 is 5.32 Å². The van der Waals surface area contributed by atoms with Gasteiger partial charge in [-0.25, -0.2) is 4.68 Å². The molecule has 128 valence electrons. The van der Waals surface area contributed by atoms with Crippen LogP contribution in [0.3, 0.4) is 0 Å². The lowest BCUT2D eigenvalue weighted by Crippen LogP contribution is -2.37. The molecule has 0 aliphatic heterocycles. The van der Waals surface area contributed by atoms with Crippen LogP contribution in [-0.2, 0) is 6.42 Å². The van der Waals surface area contributed by atoms with Crippen LogP contribution in [0.25, 0.3) is 5.69 Å². The Labute approximate surface area is 144 Å². The predicted octanol–water partition coefficient (Wildman–Crippen LogP) is 4.05. The predicted molar refractivity (Wildman–Crippen MR) is 96.6 cm³/mol. The Bertz CT molecular complexity index is 694. The molecule has 4 heteroatoms. The molecule has 1 aromatic heterocycles. The van der Waals surface area contributed by atoms with Crippen LogP contribution in [0.15, 0.2) is 30.5 Å². The summed E-state index contributed by atoms with van der Waals surface area (Å²) in [5.74, 6) is 0.804. The van der Waals surface area contributed by atoms with E-state index in [9.17, 15) is 4.79 Å². The van der Waals surface area contributed by atoms with Gasteiger partial charge >= 0.3 is 0 Å². The van der Waals surface area contributed by atoms with Crippen molar-refractivity contribution in [3.8, 4) is 5.69 Å². The van der Waals surface area contributed by atoms with Gasteiger partial charge in [0.15, 0.2) is 0 Å². The van der Waals surface area contributed by atoms with Gasteiger partial charge in [0.05, 0.1) is 23.1 Å². The molecule has 1 aliphatic carbocycles. The zero-order chi connectivity index (χ0) is 17.1. The first kappa shape index (κ1) is 16.7. The van der Waals surface area contributed by atoms with Crippen LogP contribution in [0, 0.1) is 12.8 Å². The maximum Gasteiger partial charge on any atom is 0.254 e. The molecule has 0 saturated heterocycles. The third-order valence-corrected chi connectivity index (χ3v) is 5.08. The van der Waals surface area contributed by atoms with E-state index in [-0.39, 0.29) is 5.91 Å². The van der Waals surface area contributed by atoms with E-state index in [4.69, 9.17) is 0 Å². The molecule has 0 radical (unpaired) electrons. The minimum absolute atomic E-state index is 0.0183. The molecule has 1 aliphatic rings. The summed E-state index contributed by atoms with van der Waals surface area (Å²) < 4.78 is 1.89. The van der Waals surface area contributed by atoms with Crippen LogP contribution in [0.1, 0.15) is 61.1 Å². The van der Waals surface area contributed by atoms with Crippen LogP contribution >= 0.6 is 0 Å². The van der Waals surface area contributed by atoms with Crippen LogP contribution in [-0.4, -0.2) is 21.7 Å². The minimum atomic E-state index is 0.0183. The second kappa shape index (κ2) is 7.20. The second-order valence-electron chi connectivity index (χ2n) is 7.04. The number of hydrogen-bond acceptors (Lipinski definition) is 2. The van der Waals surface area contributed by atoms with E-state index >= 15 is 0 Å². The van der Waals surface area contributed by atoms with Crippen molar-refractivity contribution >= 4 is 5.91 Å². The summed E-state index contributed by atoms with van der Waals surface area (Å²) in [6.07, 6.45) is 7.06. The molecular formula is C20H27N3O. The lowest BCUT2D eigenvalue weighted by molar-refractivity contribution is 0.0922. The molecule has 4 nitrogen and oxygen atoms in total. The van der Waals surface area contributed by atoms with Crippen molar-refractivity contribution in [1.82, 2.24) is 15.1 Å². The fourth-order valence-corrected chi connectivity index (χ4v) is 3.48. The van der Waals surface area contributed by atoms with E-state index < -0.39 is 0 Å². The van der Waals surface area contributed by atoms with Gasteiger partial charge in [-0.1, -0.05) is 31.5 Å². The molecule has 1 aromatic carbocycles. The first-order chi connectivity index (χ1) is 11.6. The summed E-state index contributed by atoms with van der Waals surface area (Å²) in [5.41, 5.74) is 3.90. The Morgan fingerprint density at radius 2 is 1.88 bits per heavy atom. The number of amides is 1. The Hall–Kier alpha value is -2.10. The third-order valence-electron chi connectivity index (χ3n) is 5.08. The summed E-state index contributed by atoms with van der Waals surface area (Å²) >= 11 is 0. The van der Waals surface area contributed by atoms with Gasteiger partial charge in [-0.3, -0.25) is 4.79 Å². The van der Waals surface area contributed by atoms with Crippen molar-refractivity contribution in [3.63, 3.8) is 0 Å². The molecular weight excluding hydrogens is 298 g/mol. The molecule has 1 fully saturated rings. The summed E-state index contributed by atoms with van der Waals surface area (Å²) in [6, 6.07) is 8.54. The lowest BCUT2D eigenvalue weighted by atomic mass is 9.87. The number of nitrogens with one attached hydrogen (secondary N) is 1. The highest BCUT2D eigenvalue weighted by molar-refractivity contribution is 5.95. The van der Waals surface area contributed by atoms with E-state index in [1.54, 1.807) is 6.20 Å². The SMILES string of the molecule is CCc1c(C(=O)NC2CCC(C)CC2)cnn1-c1ccc(C)cc1. The van der Waals surface area contributed by atoms with Gasteiger partial charge in [-0.2, -0.15) is 5.10 Å². The normalized spacial score (nSPS) is 20.8. The molecule has 1 N–H and O–H groups in total. The maximum absolute atomic E-state index is 12.7. The number of hydrogen-bond donors (Lipinski definition) is 1. The molecule has 0 bridgehead atoms. The molecule has 0 unspecified atom stereocenters. The maximum atomic E-state index is 12.7. The summed E-state index contributed by atoms with van der Waals surface area (Å²) in [6.45, 7) is 6.43. The van der Waals surface area contributed by atoms with Crippen LogP contribution in [0.2, 0.25) is 0 Å². The molecule has 1 amide bonds. The van der Waals surface area contributed by atoms with Gasteiger partial charge in [0.25, 0.3) is 5.91 Å². The van der Waals surface area contributed by atoms with E-state index in [1.165, 1.54) is 18.4 Å². The van der Waals surface area contributed by atoms with E-state index in [0.717, 1.165) is 36.6 Å². The van der Waals surface area contributed by atoms with Gasteiger partial charge in [-0.15, -0.1) is 0 Å². The van der Waals surface area contributed by atoms with Gasteiger partial charge in [0, 0.05) is 6.04 Å². The number of benzene rings is 1. The Morgan fingerprint density at radius 1 is 1.21 bits per heavy atom. The lowest BCUT2D eigenvalue weighted by Gasteiger charge is -2.26. The number of carbonyl (C=O) groups is 1. The quantitative estimate of drug-likeness (QED) is 0.922. The minimum Gasteiger partial charge on any atom is -0.349 e. The zero-order valence-corrected chi connectivity index (χ0v) is 14.9. The van der Waals surface area contributed by atoms with Crippen molar-refractivity contribution in [2.45, 2.75) is 58.9 Å². The van der Waals surface area contributed by atoms with Crippen molar-refractivity contribution in [2.75, 3.05) is 0 Å². The largest absolute Gasteiger partial charge is 0.349 e. The fourth-order valence-electron chi connectivity index (χ4n) is 3.48. The van der Waals surface area contributed by atoms with Crippen molar-refractivity contribution < 1.29 is 4.79 Å². The number of aryl methyl sites for hydroxylation is 1. The molecule has 24 heavy (non-hydrogen) atoms. The smallest absolute Gasteiger partial charge is 0.254 e. The van der Waals surface area contributed by atoms with E-state index in [0.29, 0.717) is 11.6 Å². The second-order valence-corrected chi connectivity index (χ2v) is 7.04. The number of nitrogens with zero attached hydrogens (tertiary/aromatic N) is 2. The van der Waals surface area contributed by atoms with Gasteiger partial charge in [0.2, 0.25) is 0 Å². The number of rotatable bonds is 4. The average Bonchev–Trinajstić information content (AvgIpc) is 3.01. The molecule has 1 saturated carbocycles. The van der Waals surface area contributed by atoms with Gasteiger partial charge in [0.1, 0.15) is 0 Å². The molecule has 2 aromatic rings. The number of aromatic nitrogens is 2. The van der Waals surface area contributed by atoms with Crippen LogP contribution in [0.4, 0.5) is 0 Å². The number of carbonyl (C=O) groups excluding carboxylic acids is 1. The van der Waals surface area contributed by atoms with Gasteiger partial charge in [-0.05, 0) is 57.1 Å². The van der Waals surface area contributed by atoms with Crippen molar-refractivity contribution in [2.24, 2.45) is 5.92 Å². The Balaban J connectivity index is 1.78. The van der Waals surface area contributed by atoms with Crippen molar-refractivity contribution in [1.29, 1.82) is 0 Å². The highest BCUT2D eigenvalue weighted by Gasteiger charge is 2.23. The summed E-state index contributed by atoms with van der Waals surface area (Å²) in [5, 5.41) is 7.68. The van der Waals surface area contributed by atoms with E-state index in [1.807, 2.05) is 16.8 Å². The Kier molecular flexibility index (Phi) is 5.03. The first-order valence-electron chi connectivity index (χ1n) is 9.03. The van der Waals surface area contributed by atoms with E-state index in [2.05, 4.69) is 43.3 Å². The Morgan fingerprint density at radius 3 is 2.50 bits per heavy atom. The topological polar surface area (TPSA) is 46.9 Å². The third kappa shape index (κ3) is 3.53. The highest BCUT2D eigenvalue weighted by Crippen LogP contribution is 2.24. The summed E-state index contributed by atoms with van der Waals surface area (Å²) in [7, 11) is 0. The average molecular weight is 325 g/mol. The molecule has 1 heterocycles. The summed E-state index contributed by atoms with van der Waals surface area (Å²) in [4.78, 5) is 12.7. The monoisotopic (exact) mass is 325 g/mol. The first-order valence-corrected chi connectivity index (χ1v) is 9.03. The van der Waals surface area contributed by atoms with Crippen LogP contribution in [0.5, 0.6) is 0 Å².